The lowest BCUT2D eigenvalue weighted by Gasteiger charge is -2.30. The van der Waals surface area contributed by atoms with Gasteiger partial charge in [-0.15, -0.1) is 0 Å². The number of rotatable bonds is 5. The van der Waals surface area contributed by atoms with Crippen LogP contribution in [0.15, 0.2) is 24.2 Å². The molecule has 0 aliphatic carbocycles. The lowest BCUT2D eigenvalue weighted by Crippen LogP contribution is -2.40. The van der Waals surface area contributed by atoms with E-state index >= 15 is 0 Å². The number of ketones is 1. The van der Waals surface area contributed by atoms with Crippen molar-refractivity contribution in [3.05, 3.63) is 47.2 Å². The van der Waals surface area contributed by atoms with Crippen molar-refractivity contribution >= 4 is 19.5 Å². The number of hydrogen-bond donors (Lipinski definition) is 0. The van der Waals surface area contributed by atoms with Gasteiger partial charge in [0.2, 0.25) is 11.7 Å². The molecule has 1 amide bonds. The number of nitrogens with zero attached hydrogens (tertiary/aromatic N) is 1. The Labute approximate surface area is 173 Å². The number of ether oxygens (including phenoxy) is 1. The van der Waals surface area contributed by atoms with Gasteiger partial charge in [-0.05, 0) is 0 Å². The molecule has 3 aliphatic heterocycles. The van der Waals surface area contributed by atoms with E-state index in [4.69, 9.17) is 18.3 Å². The molecule has 0 bridgehead atoms. The summed E-state index contributed by atoms with van der Waals surface area (Å²) < 4.78 is 87.7. The maximum atomic E-state index is 13.7. The molecule has 13 heteroatoms. The lowest BCUT2D eigenvalue weighted by atomic mass is 10.1. The molecule has 1 unspecified atom stereocenters. The van der Waals surface area contributed by atoms with E-state index in [2.05, 4.69) is 0 Å². The number of halogens is 4. The zero-order valence-electron chi connectivity index (χ0n) is 15.8. The first-order chi connectivity index (χ1) is 14.6. The van der Waals surface area contributed by atoms with Crippen LogP contribution in [-0.4, -0.2) is 48.2 Å². The maximum Gasteiger partial charge on any atom is 0.475 e. The van der Waals surface area contributed by atoms with Gasteiger partial charge in [-0.25, -0.2) is 22.1 Å². The summed E-state index contributed by atoms with van der Waals surface area (Å²) in [4.78, 5) is 24.2. The normalized spacial score (nSPS) is 31.0. The fraction of sp³-hybridized carbons (Fsp3) is 0.444. The van der Waals surface area contributed by atoms with E-state index in [1.807, 2.05) is 0 Å². The second kappa shape index (κ2) is 8.44. The molecule has 2 saturated heterocycles. The molecule has 8 nitrogen and oxygen atoms in total. The molecule has 3 heterocycles. The number of carbonyl (C=O) groups is 2. The lowest BCUT2D eigenvalue weighted by molar-refractivity contribution is -0.146. The predicted molar refractivity (Wildman–Crippen MR) is 93.3 cm³/mol. The number of phosphoric ester groups is 1. The third kappa shape index (κ3) is 4.58. The summed E-state index contributed by atoms with van der Waals surface area (Å²) in [6.45, 7) is -0.677. The van der Waals surface area contributed by atoms with E-state index < -0.39 is 79.8 Å². The summed E-state index contributed by atoms with van der Waals surface area (Å²) in [5.74, 6) is -5.95. The van der Waals surface area contributed by atoms with E-state index in [0.717, 1.165) is 11.1 Å². The van der Waals surface area contributed by atoms with E-state index in [1.54, 1.807) is 0 Å². The first kappa shape index (κ1) is 22.1. The first-order valence-electron chi connectivity index (χ1n) is 9.23. The van der Waals surface area contributed by atoms with Crippen molar-refractivity contribution < 1.29 is 50.0 Å². The first-order valence-corrected chi connectivity index (χ1v) is 10.7. The predicted octanol–water partition coefficient (Wildman–Crippen LogP) is 2.91. The Kier molecular flexibility index (Phi) is 6.01. The van der Waals surface area contributed by atoms with Gasteiger partial charge >= 0.3 is 7.82 Å². The van der Waals surface area contributed by atoms with Crippen molar-refractivity contribution in [1.82, 2.24) is 4.90 Å². The fourth-order valence-electron chi connectivity index (χ4n) is 3.45. The molecule has 31 heavy (non-hydrogen) atoms. The molecule has 0 radical (unpaired) electrons. The average molecular weight is 465 g/mol. The van der Waals surface area contributed by atoms with E-state index in [1.165, 1.54) is 0 Å². The van der Waals surface area contributed by atoms with Crippen molar-refractivity contribution in [1.29, 1.82) is 0 Å². The van der Waals surface area contributed by atoms with Crippen LogP contribution in [0.1, 0.15) is 18.4 Å². The Hall–Kier alpha value is -2.11. The third-order valence-electron chi connectivity index (χ3n) is 4.98. The van der Waals surface area contributed by atoms with Crippen LogP contribution in [0.2, 0.25) is 0 Å². The number of allylic oxidation sites excluding steroid dienone is 1. The fourth-order valence-corrected chi connectivity index (χ4v) is 4.85. The van der Waals surface area contributed by atoms with Gasteiger partial charge in [-0.2, -0.15) is 0 Å². The van der Waals surface area contributed by atoms with E-state index in [-0.39, 0.29) is 19.4 Å². The summed E-state index contributed by atoms with van der Waals surface area (Å²) in [5, 5.41) is 0. The van der Waals surface area contributed by atoms with Crippen molar-refractivity contribution in [2.24, 2.45) is 0 Å². The monoisotopic (exact) mass is 465 g/mol. The van der Waals surface area contributed by atoms with Gasteiger partial charge in [0, 0.05) is 36.7 Å². The van der Waals surface area contributed by atoms with Crippen molar-refractivity contribution in [2.45, 2.75) is 37.7 Å². The Balaban J connectivity index is 1.36. The number of carbonyl (C=O) groups excluding carboxylic acids is 2. The van der Waals surface area contributed by atoms with Crippen molar-refractivity contribution in [3.8, 4) is 0 Å². The third-order valence-corrected chi connectivity index (χ3v) is 6.47. The van der Waals surface area contributed by atoms with E-state index in [0.29, 0.717) is 12.1 Å². The number of amides is 1. The SMILES string of the molecule is O=C1CC(=O)N([C@H]2C[C@@H]3OP(=O)(OCCc4c(F)cc(F)cc4F)OC[C@H]3O2)C=C1F. The van der Waals surface area contributed by atoms with Gasteiger partial charge in [-0.1, -0.05) is 0 Å². The average Bonchev–Trinajstić information content (AvgIpc) is 3.09. The van der Waals surface area contributed by atoms with Crippen LogP contribution in [0.4, 0.5) is 17.6 Å². The topological polar surface area (TPSA) is 91.4 Å². The van der Waals surface area contributed by atoms with Crippen LogP contribution >= 0.6 is 7.82 Å². The van der Waals surface area contributed by atoms with Crippen molar-refractivity contribution in [2.75, 3.05) is 13.2 Å². The van der Waals surface area contributed by atoms with Crippen LogP contribution < -0.4 is 0 Å². The smallest absolute Gasteiger partial charge is 0.349 e. The van der Waals surface area contributed by atoms with Crippen LogP contribution in [0.25, 0.3) is 0 Å². The summed E-state index contributed by atoms with van der Waals surface area (Å²) in [6.07, 6.45) is -2.75. The Bertz CT molecular complexity index is 980. The number of phosphoric acid groups is 1. The van der Waals surface area contributed by atoms with Gasteiger partial charge < -0.3 is 4.74 Å². The van der Waals surface area contributed by atoms with Gasteiger partial charge in [0.1, 0.15) is 35.9 Å². The highest BCUT2D eigenvalue weighted by Gasteiger charge is 2.49. The quantitative estimate of drug-likeness (QED) is 0.375. The van der Waals surface area contributed by atoms with Crippen LogP contribution in [0.5, 0.6) is 0 Å². The van der Waals surface area contributed by atoms with Gasteiger partial charge in [0.05, 0.1) is 19.6 Å². The second-order valence-electron chi connectivity index (χ2n) is 7.06. The number of Topliss-reactive ketones (excluding diaryl/α,β-unsaturated/α-hetero) is 1. The molecule has 0 N–H and O–H groups in total. The van der Waals surface area contributed by atoms with Crippen LogP contribution in [-0.2, 0) is 38.9 Å². The largest absolute Gasteiger partial charge is 0.475 e. The highest BCUT2D eigenvalue weighted by atomic mass is 31.2. The highest BCUT2D eigenvalue weighted by Crippen LogP contribution is 2.56. The minimum absolute atomic E-state index is 0.00626. The summed E-state index contributed by atoms with van der Waals surface area (Å²) >= 11 is 0. The zero-order chi connectivity index (χ0) is 22.3. The minimum Gasteiger partial charge on any atom is -0.349 e. The molecule has 4 rings (SSSR count). The Morgan fingerprint density at radius 3 is 2.55 bits per heavy atom. The Morgan fingerprint density at radius 2 is 1.84 bits per heavy atom. The molecule has 1 aromatic rings. The van der Waals surface area contributed by atoms with Crippen molar-refractivity contribution in [3.63, 3.8) is 0 Å². The maximum absolute atomic E-state index is 13.7. The molecule has 1 aromatic carbocycles. The van der Waals surface area contributed by atoms with Gasteiger partial charge in [-0.3, -0.25) is 28.1 Å². The second-order valence-corrected chi connectivity index (χ2v) is 8.68. The molecule has 2 fully saturated rings. The standard InChI is InChI=1S/C18H16F4NO7P/c19-9-3-11(20)10(12(21)4-9)1-2-27-31(26)28-8-16-15(30-31)6-18(29-16)23-7-13(22)14(24)5-17(23)25/h3-4,7,15-16,18H,1-2,5-6,8H2/t15-,16+,18+,31?/m0/s1. The van der Waals surface area contributed by atoms with Crippen LogP contribution in [0, 0.1) is 17.5 Å². The molecule has 3 aliphatic rings. The summed E-state index contributed by atoms with van der Waals surface area (Å²) in [7, 11) is -4.11. The van der Waals surface area contributed by atoms with Gasteiger partial charge in [0.25, 0.3) is 0 Å². The van der Waals surface area contributed by atoms with Gasteiger partial charge in [0.15, 0.2) is 5.83 Å². The van der Waals surface area contributed by atoms with Crippen LogP contribution in [0.3, 0.4) is 0 Å². The minimum atomic E-state index is -4.11. The van der Waals surface area contributed by atoms with E-state index in [9.17, 15) is 31.7 Å². The Morgan fingerprint density at radius 1 is 1.13 bits per heavy atom. The molecular weight excluding hydrogens is 449 g/mol. The molecular formula is C18H16F4NO7P. The molecule has 168 valence electrons. The summed E-state index contributed by atoms with van der Waals surface area (Å²) in [6, 6.07) is 1.03. The molecule has 0 saturated carbocycles. The number of benzene rings is 1. The number of fused-ring (bicyclic) bond motifs is 1. The molecule has 0 spiro atoms. The molecule has 0 aromatic heterocycles. The zero-order valence-corrected chi connectivity index (χ0v) is 16.7. The molecule has 4 atom stereocenters. The highest BCUT2D eigenvalue weighted by molar-refractivity contribution is 7.48. The summed E-state index contributed by atoms with van der Waals surface area (Å²) in [5.41, 5.74) is -0.445. The number of hydrogen-bond acceptors (Lipinski definition) is 7.